The number of carbonyl (C=O) groups excluding carboxylic acids is 3. The summed E-state index contributed by atoms with van der Waals surface area (Å²) < 4.78 is 5.50. The van der Waals surface area contributed by atoms with Crippen LogP contribution in [0.25, 0.3) is 22.6 Å². The van der Waals surface area contributed by atoms with Crippen LogP contribution in [0.4, 0.5) is 5.69 Å². The van der Waals surface area contributed by atoms with Crippen LogP contribution in [0.15, 0.2) is 72.8 Å². The van der Waals surface area contributed by atoms with E-state index in [0.717, 1.165) is 28.8 Å². The van der Waals surface area contributed by atoms with Crippen molar-refractivity contribution in [2.45, 2.75) is 19.8 Å². The minimum absolute atomic E-state index is 0.220. The molecule has 5 rings (SSSR count). The summed E-state index contributed by atoms with van der Waals surface area (Å²) in [6.07, 6.45) is 3.49. The number of rotatable bonds is 7. The van der Waals surface area contributed by atoms with E-state index in [0.29, 0.717) is 33.6 Å². The maximum absolute atomic E-state index is 13.4. The van der Waals surface area contributed by atoms with Crippen LogP contribution in [0.2, 0.25) is 5.02 Å². The fourth-order valence-corrected chi connectivity index (χ4v) is 4.92. The molecule has 0 spiro atoms. The monoisotopic (exact) mass is 553 g/mol. The number of aryl methyl sites for hydroxylation is 1. The van der Waals surface area contributed by atoms with E-state index < -0.39 is 24.4 Å². The van der Waals surface area contributed by atoms with Crippen LogP contribution in [0.3, 0.4) is 0 Å². The van der Waals surface area contributed by atoms with E-state index in [4.69, 9.17) is 21.3 Å². The first-order valence-corrected chi connectivity index (χ1v) is 13.3. The highest BCUT2D eigenvalue weighted by Crippen LogP contribution is 2.37. The minimum Gasteiger partial charge on any atom is -0.452 e. The summed E-state index contributed by atoms with van der Waals surface area (Å²) in [5.41, 5.74) is 6.48. The van der Waals surface area contributed by atoms with Gasteiger partial charge in [-0.05, 0) is 60.7 Å². The molecule has 0 unspecified atom stereocenters. The van der Waals surface area contributed by atoms with E-state index in [1.807, 2.05) is 31.2 Å². The lowest BCUT2D eigenvalue weighted by molar-refractivity contribution is -0.136. The molecule has 0 radical (unpaired) electrons. The maximum atomic E-state index is 13.4. The maximum Gasteiger partial charge on any atom is 0.339 e. The quantitative estimate of drug-likeness (QED) is 0.286. The summed E-state index contributed by atoms with van der Waals surface area (Å²) >= 11 is 6.09. The summed E-state index contributed by atoms with van der Waals surface area (Å²) in [4.78, 5) is 44.6. The van der Waals surface area contributed by atoms with Crippen LogP contribution in [-0.2, 0) is 20.7 Å². The lowest BCUT2D eigenvalue weighted by Crippen LogP contribution is -2.37. The van der Waals surface area contributed by atoms with Gasteiger partial charge in [0.2, 0.25) is 5.91 Å². The van der Waals surface area contributed by atoms with E-state index in [1.165, 1.54) is 17.5 Å². The van der Waals surface area contributed by atoms with Crippen LogP contribution < -0.4 is 5.32 Å². The van der Waals surface area contributed by atoms with E-state index in [1.54, 1.807) is 24.3 Å². The molecule has 40 heavy (non-hydrogen) atoms. The van der Waals surface area contributed by atoms with Gasteiger partial charge < -0.3 is 15.0 Å². The van der Waals surface area contributed by atoms with Gasteiger partial charge in [-0.1, -0.05) is 71.8 Å². The normalized spacial score (nSPS) is 13.2. The van der Waals surface area contributed by atoms with E-state index >= 15 is 0 Å². The topological polar surface area (TPSA) is 88.6 Å². The predicted molar refractivity (Wildman–Crippen MR) is 157 cm³/mol. The smallest absolute Gasteiger partial charge is 0.339 e. The Morgan fingerprint density at radius 3 is 2.50 bits per heavy atom. The average Bonchev–Trinajstić information content (AvgIpc) is 3.34. The Kier molecular flexibility index (Phi) is 7.94. The van der Waals surface area contributed by atoms with Gasteiger partial charge in [-0.15, -0.1) is 0 Å². The number of para-hydroxylation sites is 2. The van der Waals surface area contributed by atoms with Crippen molar-refractivity contribution < 1.29 is 19.1 Å². The zero-order chi connectivity index (χ0) is 28.2. The number of amides is 2. The molecule has 2 amide bonds. The van der Waals surface area contributed by atoms with Crippen LogP contribution in [0.1, 0.15) is 39.2 Å². The van der Waals surface area contributed by atoms with Gasteiger partial charge in [0.1, 0.15) is 0 Å². The van der Waals surface area contributed by atoms with Crippen molar-refractivity contribution in [3.8, 4) is 0 Å². The predicted octanol–water partition coefficient (Wildman–Crippen LogP) is 5.94. The summed E-state index contributed by atoms with van der Waals surface area (Å²) in [7, 11) is 1.48. The van der Waals surface area contributed by atoms with Crippen LogP contribution in [0.5, 0.6) is 0 Å². The largest absolute Gasteiger partial charge is 0.452 e. The number of ether oxygens (including phenoxy) is 1. The molecule has 0 saturated heterocycles. The van der Waals surface area contributed by atoms with Crippen molar-refractivity contribution in [1.82, 2.24) is 9.88 Å². The van der Waals surface area contributed by atoms with Gasteiger partial charge in [-0.2, -0.15) is 0 Å². The number of likely N-dealkylation sites (N-methyl/N-ethyl adjacent to an activating group) is 1. The number of anilines is 1. The zero-order valence-corrected chi connectivity index (χ0v) is 23.0. The molecule has 1 N–H and O–H groups in total. The Labute approximate surface area is 237 Å². The second-order valence-electron chi connectivity index (χ2n) is 9.77. The van der Waals surface area contributed by atoms with Gasteiger partial charge in [0.25, 0.3) is 5.91 Å². The molecule has 1 heterocycles. The number of hydrogen-bond donors (Lipinski definition) is 1. The molecule has 0 atom stereocenters. The Bertz CT molecular complexity index is 1650. The number of nitrogens with zero attached hydrogens (tertiary/aromatic N) is 2. The molecule has 3 aromatic carbocycles. The summed E-state index contributed by atoms with van der Waals surface area (Å²) in [6, 6.07) is 22.5. The first-order chi connectivity index (χ1) is 19.3. The van der Waals surface area contributed by atoms with Gasteiger partial charge in [0.15, 0.2) is 6.61 Å². The number of benzene rings is 3. The highest BCUT2D eigenvalue weighted by molar-refractivity contribution is 6.33. The Morgan fingerprint density at radius 1 is 1.00 bits per heavy atom. The van der Waals surface area contributed by atoms with Crippen molar-refractivity contribution in [3.63, 3.8) is 0 Å². The molecule has 0 fully saturated rings. The highest BCUT2D eigenvalue weighted by atomic mass is 35.5. The fourth-order valence-electron chi connectivity index (χ4n) is 4.74. The van der Waals surface area contributed by atoms with Crippen molar-refractivity contribution in [3.05, 3.63) is 106 Å². The number of nitrogens with one attached hydrogen (secondary N) is 1. The number of aromatic nitrogens is 1. The molecule has 0 bridgehead atoms. The number of fused-ring (bicyclic) bond motifs is 2. The van der Waals surface area contributed by atoms with E-state index in [-0.39, 0.29) is 6.54 Å². The molecule has 0 saturated carbocycles. The van der Waals surface area contributed by atoms with Gasteiger partial charge >= 0.3 is 5.97 Å². The second-order valence-corrected chi connectivity index (χ2v) is 10.2. The van der Waals surface area contributed by atoms with Crippen LogP contribution in [0, 0.1) is 6.92 Å². The lowest BCUT2D eigenvalue weighted by atomic mass is 10.0. The summed E-state index contributed by atoms with van der Waals surface area (Å²) in [5, 5.41) is 3.75. The third kappa shape index (κ3) is 5.90. The number of esters is 1. The average molecular weight is 554 g/mol. The number of pyridine rings is 1. The molecular formula is C32H28ClN3O4. The number of allylic oxidation sites excluding steroid dienone is 1. The van der Waals surface area contributed by atoms with Gasteiger partial charge in [0.05, 0.1) is 34.0 Å². The van der Waals surface area contributed by atoms with Crippen molar-refractivity contribution >= 4 is 57.6 Å². The molecule has 202 valence electrons. The van der Waals surface area contributed by atoms with E-state index in [9.17, 15) is 14.4 Å². The van der Waals surface area contributed by atoms with Crippen molar-refractivity contribution in [2.24, 2.45) is 0 Å². The zero-order valence-electron chi connectivity index (χ0n) is 22.2. The third-order valence-electron chi connectivity index (χ3n) is 6.85. The van der Waals surface area contributed by atoms with Gasteiger partial charge in [0, 0.05) is 12.4 Å². The Balaban J connectivity index is 1.32. The van der Waals surface area contributed by atoms with Crippen LogP contribution >= 0.6 is 11.6 Å². The molecule has 7 nitrogen and oxygen atoms in total. The molecule has 0 aliphatic heterocycles. The highest BCUT2D eigenvalue weighted by Gasteiger charge is 2.28. The molecule has 8 heteroatoms. The summed E-state index contributed by atoms with van der Waals surface area (Å²) in [6.45, 7) is 1.33. The van der Waals surface area contributed by atoms with Crippen molar-refractivity contribution in [2.75, 3.05) is 25.5 Å². The molecular weight excluding hydrogens is 526 g/mol. The van der Waals surface area contributed by atoms with Gasteiger partial charge in [-0.3, -0.25) is 9.59 Å². The first-order valence-electron chi connectivity index (χ1n) is 12.9. The number of carbonyl (C=O) groups is 3. The molecule has 1 aromatic heterocycles. The standard InChI is InChI=1S/C32H28ClN3O4/c1-20-11-13-21(14-12-20)17-22-15-16-24-30(23-7-3-5-9-26(23)35-31(22)24)32(39)40-19-29(38)36(2)18-28(37)34-27-10-6-4-8-25(27)33/h3-14,17H,15-16,18-19H2,1-2H3,(H,34,37). The second kappa shape index (κ2) is 11.7. The van der Waals surface area contributed by atoms with E-state index in [2.05, 4.69) is 35.7 Å². The van der Waals surface area contributed by atoms with Gasteiger partial charge in [-0.25, -0.2) is 9.78 Å². The molecule has 4 aromatic rings. The number of halogens is 1. The minimum atomic E-state index is -0.589. The Hall–Kier alpha value is -4.49. The lowest BCUT2D eigenvalue weighted by Gasteiger charge is -2.18. The molecule has 1 aliphatic rings. The fraction of sp³-hybridized carbons (Fsp3) is 0.188. The Morgan fingerprint density at radius 2 is 1.73 bits per heavy atom. The SMILES string of the molecule is Cc1ccc(C=C2CCc3c2nc2ccccc2c3C(=O)OCC(=O)N(C)CC(=O)Nc2ccccc2Cl)cc1. The van der Waals surface area contributed by atoms with Crippen molar-refractivity contribution in [1.29, 1.82) is 0 Å². The third-order valence-corrected chi connectivity index (χ3v) is 7.17. The van der Waals surface area contributed by atoms with Crippen LogP contribution in [-0.4, -0.2) is 47.9 Å². The molecule has 1 aliphatic carbocycles. The number of hydrogen-bond acceptors (Lipinski definition) is 5. The summed E-state index contributed by atoms with van der Waals surface area (Å²) in [5.74, 6) is -1.51. The first kappa shape index (κ1) is 27.1.